The number of nitrogens with one attached hydrogen (secondary N) is 1. The Bertz CT molecular complexity index is 854. The number of carbonyl (C=O) groups excluding carboxylic acids is 1. The Morgan fingerprint density at radius 1 is 1.00 bits per heavy atom. The number of hydrogen-bond donors (Lipinski definition) is 2. The number of ether oxygens (including phenoxy) is 1. The monoisotopic (exact) mass is 571 g/mol. The number of allylic oxidation sites excluding steroid dienone is 1. The highest BCUT2D eigenvalue weighted by Gasteiger charge is 2.58. The molecule has 0 aliphatic heterocycles. The molecule has 0 radical (unpaired) electrons. The summed E-state index contributed by atoms with van der Waals surface area (Å²) in [6, 6.07) is 0. The smallest absolute Gasteiger partial charge is 0.407 e. The molecule has 0 aromatic heterocycles. The first-order valence-electron chi connectivity index (χ1n) is 18.1. The fourth-order valence-electron chi connectivity index (χ4n) is 10.3. The van der Waals surface area contributed by atoms with Crippen LogP contribution < -0.4 is 11.1 Å². The Labute approximate surface area is 253 Å². The Morgan fingerprint density at radius 3 is 2.49 bits per heavy atom. The highest BCUT2D eigenvalue weighted by Crippen LogP contribution is 2.66. The number of hydrogen-bond acceptors (Lipinski definition) is 3. The van der Waals surface area contributed by atoms with Gasteiger partial charge in [-0.1, -0.05) is 91.2 Å². The van der Waals surface area contributed by atoms with Gasteiger partial charge in [0.15, 0.2) is 0 Å². The first-order valence-corrected chi connectivity index (χ1v) is 18.1. The van der Waals surface area contributed by atoms with Crippen molar-refractivity contribution in [1.82, 2.24) is 5.32 Å². The lowest BCUT2D eigenvalue weighted by atomic mass is 9.47. The van der Waals surface area contributed by atoms with Crippen LogP contribution in [0.5, 0.6) is 0 Å². The molecule has 4 aliphatic rings. The average molecular weight is 571 g/mol. The number of fused-ring (bicyclic) bond motifs is 5. The van der Waals surface area contributed by atoms with Gasteiger partial charge in [0.2, 0.25) is 0 Å². The summed E-state index contributed by atoms with van der Waals surface area (Å²) >= 11 is 0. The topological polar surface area (TPSA) is 64.3 Å². The molecule has 8 atom stereocenters. The molecule has 0 aromatic carbocycles. The van der Waals surface area contributed by atoms with Crippen LogP contribution in [0.15, 0.2) is 11.6 Å². The molecule has 0 bridgehead atoms. The van der Waals surface area contributed by atoms with Crippen LogP contribution in [0.25, 0.3) is 0 Å². The molecule has 3 N–H and O–H groups in total. The van der Waals surface area contributed by atoms with Crippen molar-refractivity contribution in [3.05, 3.63) is 11.6 Å². The van der Waals surface area contributed by atoms with Crippen LogP contribution >= 0.6 is 0 Å². The van der Waals surface area contributed by atoms with Crippen LogP contribution in [0.1, 0.15) is 150 Å². The lowest BCUT2D eigenvalue weighted by Crippen LogP contribution is -2.50. The van der Waals surface area contributed by atoms with E-state index in [0.717, 1.165) is 74.3 Å². The molecule has 4 aliphatic carbocycles. The van der Waals surface area contributed by atoms with E-state index in [4.69, 9.17) is 10.5 Å². The summed E-state index contributed by atoms with van der Waals surface area (Å²) in [7, 11) is 0. The summed E-state index contributed by atoms with van der Waals surface area (Å²) < 4.78 is 5.95. The molecular weight excluding hydrogens is 504 g/mol. The molecule has 3 saturated carbocycles. The largest absolute Gasteiger partial charge is 0.446 e. The predicted octanol–water partition coefficient (Wildman–Crippen LogP) is 9.81. The molecule has 0 spiro atoms. The molecule has 236 valence electrons. The van der Waals surface area contributed by atoms with Crippen LogP contribution in [0.2, 0.25) is 0 Å². The lowest BCUT2D eigenvalue weighted by Gasteiger charge is -2.58. The summed E-state index contributed by atoms with van der Waals surface area (Å²) in [5.41, 5.74) is 8.05. The van der Waals surface area contributed by atoms with Crippen molar-refractivity contribution in [2.75, 3.05) is 13.1 Å². The quantitative estimate of drug-likeness (QED) is 0.152. The van der Waals surface area contributed by atoms with Gasteiger partial charge in [-0.15, -0.1) is 0 Å². The minimum absolute atomic E-state index is 0.0460. The van der Waals surface area contributed by atoms with Crippen LogP contribution in [-0.2, 0) is 4.74 Å². The number of rotatable bonds is 15. The minimum atomic E-state index is -0.208. The zero-order chi connectivity index (χ0) is 29.5. The van der Waals surface area contributed by atoms with Crippen molar-refractivity contribution in [2.24, 2.45) is 52.1 Å². The summed E-state index contributed by atoms with van der Waals surface area (Å²) in [5.74, 6) is 5.27. The van der Waals surface area contributed by atoms with Gasteiger partial charge in [0.05, 0.1) is 0 Å². The fourth-order valence-corrected chi connectivity index (χ4v) is 10.3. The highest BCUT2D eigenvalue weighted by molar-refractivity contribution is 5.67. The average Bonchev–Trinajstić information content (AvgIpc) is 3.28. The van der Waals surface area contributed by atoms with E-state index in [1.807, 2.05) is 0 Å². The highest BCUT2D eigenvalue weighted by atomic mass is 16.6. The molecule has 4 heteroatoms. The van der Waals surface area contributed by atoms with E-state index in [0.29, 0.717) is 10.8 Å². The van der Waals surface area contributed by atoms with Crippen LogP contribution in [0.4, 0.5) is 4.79 Å². The first kappa shape index (κ1) is 32.9. The van der Waals surface area contributed by atoms with Gasteiger partial charge in [0.25, 0.3) is 0 Å². The van der Waals surface area contributed by atoms with E-state index < -0.39 is 0 Å². The third-order valence-electron chi connectivity index (χ3n) is 13.0. The third kappa shape index (κ3) is 7.74. The zero-order valence-corrected chi connectivity index (χ0v) is 27.7. The van der Waals surface area contributed by atoms with Gasteiger partial charge in [0.1, 0.15) is 6.10 Å². The molecule has 4 nitrogen and oxygen atoms in total. The molecule has 0 aromatic rings. The van der Waals surface area contributed by atoms with Crippen molar-refractivity contribution >= 4 is 6.09 Å². The standard InChI is InChI=1S/C37H66N2O2/c1-6-28(27(2)3)14-13-15-29-17-19-33-32-18-16-30-26-31(20-22-37(30,5)34(32)21-23-36(29,33)4)41-35(40)39-25-12-10-8-7-9-11-24-38/h16,27-29,31-34H,6-15,17-26,38H2,1-5H3,(H,39,40). The first-order chi connectivity index (χ1) is 19.7. The maximum Gasteiger partial charge on any atom is 0.407 e. The van der Waals surface area contributed by atoms with Gasteiger partial charge in [-0.2, -0.15) is 0 Å². The minimum Gasteiger partial charge on any atom is -0.446 e. The summed E-state index contributed by atoms with van der Waals surface area (Å²) in [6.45, 7) is 14.0. The number of alkyl carbamates (subject to hydrolysis) is 1. The number of nitrogens with two attached hydrogens (primary N) is 1. The molecule has 8 unspecified atom stereocenters. The van der Waals surface area contributed by atoms with E-state index >= 15 is 0 Å². The van der Waals surface area contributed by atoms with Crippen molar-refractivity contribution in [3.8, 4) is 0 Å². The molecular formula is C37H66N2O2. The van der Waals surface area contributed by atoms with Gasteiger partial charge in [-0.05, 0) is 117 Å². The molecule has 0 heterocycles. The van der Waals surface area contributed by atoms with E-state index in [1.165, 1.54) is 89.9 Å². The van der Waals surface area contributed by atoms with Gasteiger partial charge < -0.3 is 15.8 Å². The van der Waals surface area contributed by atoms with Crippen LogP contribution in [0, 0.1) is 46.3 Å². The van der Waals surface area contributed by atoms with Crippen LogP contribution in [0.3, 0.4) is 0 Å². The molecule has 0 saturated heterocycles. The van der Waals surface area contributed by atoms with E-state index in [-0.39, 0.29) is 12.2 Å². The summed E-state index contributed by atoms with van der Waals surface area (Å²) in [5, 5.41) is 3.02. The Morgan fingerprint density at radius 2 is 1.76 bits per heavy atom. The second-order valence-electron chi connectivity index (χ2n) is 15.5. The predicted molar refractivity (Wildman–Crippen MR) is 173 cm³/mol. The molecule has 3 fully saturated rings. The number of unbranched alkanes of at least 4 members (excludes halogenated alkanes) is 5. The second kappa shape index (κ2) is 15.1. The van der Waals surface area contributed by atoms with Crippen molar-refractivity contribution in [3.63, 3.8) is 0 Å². The molecule has 1 amide bonds. The maximum atomic E-state index is 12.5. The van der Waals surface area contributed by atoms with E-state index in [1.54, 1.807) is 5.57 Å². The molecule has 4 rings (SSSR count). The Kier molecular flexibility index (Phi) is 12.1. The lowest BCUT2D eigenvalue weighted by molar-refractivity contribution is -0.0520. The zero-order valence-electron chi connectivity index (χ0n) is 27.7. The van der Waals surface area contributed by atoms with Crippen molar-refractivity contribution in [2.45, 2.75) is 156 Å². The number of amides is 1. The number of carbonyl (C=O) groups is 1. The van der Waals surface area contributed by atoms with Gasteiger partial charge in [-0.3, -0.25) is 0 Å². The molecule has 41 heavy (non-hydrogen) atoms. The summed E-state index contributed by atoms with van der Waals surface area (Å²) in [6.07, 6.45) is 25.3. The van der Waals surface area contributed by atoms with E-state index in [9.17, 15) is 4.79 Å². The van der Waals surface area contributed by atoms with E-state index in [2.05, 4.69) is 46.0 Å². The normalized spacial score (nSPS) is 35.3. The Hall–Kier alpha value is -1.03. The summed E-state index contributed by atoms with van der Waals surface area (Å²) in [4.78, 5) is 12.5. The maximum absolute atomic E-state index is 12.5. The second-order valence-corrected chi connectivity index (χ2v) is 15.5. The fraction of sp³-hybridized carbons (Fsp3) is 0.919. The van der Waals surface area contributed by atoms with Crippen LogP contribution in [-0.4, -0.2) is 25.3 Å². The van der Waals surface area contributed by atoms with Gasteiger partial charge >= 0.3 is 6.09 Å². The van der Waals surface area contributed by atoms with Crippen molar-refractivity contribution in [1.29, 1.82) is 0 Å². The van der Waals surface area contributed by atoms with Crippen molar-refractivity contribution < 1.29 is 9.53 Å². The van der Waals surface area contributed by atoms with Gasteiger partial charge in [0, 0.05) is 13.0 Å². The SMILES string of the molecule is CCC(CCCC1CCC2C3CC=C4CC(OC(=O)NCCCCCCCCN)CCC4(C)C3CCC12C)C(C)C. The van der Waals surface area contributed by atoms with Gasteiger partial charge in [-0.25, -0.2) is 4.79 Å². The third-order valence-corrected chi connectivity index (χ3v) is 13.0. The Balaban J connectivity index is 1.25.